The minimum atomic E-state index is 0.0567. The first-order valence-corrected chi connectivity index (χ1v) is 5.91. The lowest BCUT2D eigenvalue weighted by Crippen LogP contribution is -2.05. The maximum atomic E-state index is 11.6. The van der Waals surface area contributed by atoms with Crippen LogP contribution in [-0.2, 0) is 11.2 Å². The Morgan fingerprint density at radius 3 is 2.47 bits per heavy atom. The lowest BCUT2D eigenvalue weighted by Gasteiger charge is -1.99. The van der Waals surface area contributed by atoms with Crippen molar-refractivity contribution in [1.29, 1.82) is 0 Å². The molecule has 0 atom stereocenters. The van der Waals surface area contributed by atoms with Gasteiger partial charge in [-0.25, -0.2) is 0 Å². The smallest absolute Gasteiger partial charge is 0.168 e. The monoisotopic (exact) mass is 231 g/mol. The molecule has 2 heteroatoms. The van der Waals surface area contributed by atoms with Gasteiger partial charge in [0.2, 0.25) is 0 Å². The van der Waals surface area contributed by atoms with E-state index in [1.165, 1.54) is 6.42 Å². The van der Waals surface area contributed by atoms with Crippen LogP contribution in [0.1, 0.15) is 32.9 Å². The molecule has 0 bridgehead atoms. The van der Waals surface area contributed by atoms with Gasteiger partial charge in [-0.3, -0.25) is 9.78 Å². The van der Waals surface area contributed by atoms with Crippen LogP contribution in [0.2, 0.25) is 0 Å². The van der Waals surface area contributed by atoms with Gasteiger partial charge < -0.3 is 0 Å². The number of carbonyl (C=O) groups is 1. The lowest BCUT2D eigenvalue weighted by molar-refractivity contribution is -0.114. The molecule has 0 fully saturated rings. The van der Waals surface area contributed by atoms with Gasteiger partial charge in [0, 0.05) is 17.5 Å². The van der Waals surface area contributed by atoms with Gasteiger partial charge in [0.1, 0.15) is 0 Å². The lowest BCUT2D eigenvalue weighted by atomic mass is 10.1. The number of pyridine rings is 1. The predicted molar refractivity (Wildman–Crippen MR) is 72.9 cm³/mol. The number of hydrogen-bond donors (Lipinski definition) is 0. The third-order valence-corrected chi connectivity index (χ3v) is 1.92. The van der Waals surface area contributed by atoms with Gasteiger partial charge >= 0.3 is 0 Å². The van der Waals surface area contributed by atoms with Crippen molar-refractivity contribution in [2.24, 2.45) is 0 Å². The molecule has 0 N–H and O–H groups in total. The molecule has 0 aliphatic rings. The van der Waals surface area contributed by atoms with E-state index in [1.54, 1.807) is 18.3 Å². The van der Waals surface area contributed by atoms with E-state index in [9.17, 15) is 4.79 Å². The number of hydrogen-bond acceptors (Lipinski definition) is 2. The molecule has 1 aromatic rings. The molecule has 1 rings (SSSR count). The molecule has 92 valence electrons. The van der Waals surface area contributed by atoms with Gasteiger partial charge in [-0.05, 0) is 19.1 Å². The summed E-state index contributed by atoms with van der Waals surface area (Å²) in [6, 6.07) is 5.55. The molecule has 1 heterocycles. The van der Waals surface area contributed by atoms with E-state index in [2.05, 4.69) is 25.4 Å². The Labute approximate surface area is 104 Å². The van der Waals surface area contributed by atoms with E-state index >= 15 is 0 Å². The molecule has 0 amide bonds. The second kappa shape index (κ2) is 9.52. The highest BCUT2D eigenvalue weighted by Crippen LogP contribution is 2.03. The normalized spacial score (nSPS) is 10.2. The van der Waals surface area contributed by atoms with E-state index in [1.807, 2.05) is 25.1 Å². The van der Waals surface area contributed by atoms with Crippen LogP contribution in [0.3, 0.4) is 0 Å². The van der Waals surface area contributed by atoms with Gasteiger partial charge in [0.15, 0.2) is 5.78 Å². The summed E-state index contributed by atoms with van der Waals surface area (Å²) >= 11 is 0. The molecule has 0 unspecified atom stereocenters. The fourth-order valence-electron chi connectivity index (χ4n) is 1.16. The zero-order chi connectivity index (χ0) is 13.1. The van der Waals surface area contributed by atoms with Crippen molar-refractivity contribution < 1.29 is 4.79 Å². The van der Waals surface area contributed by atoms with Crippen LogP contribution >= 0.6 is 0 Å². The molecule has 0 radical (unpaired) electrons. The maximum Gasteiger partial charge on any atom is 0.168 e. The molecule has 0 aromatic carbocycles. The minimum absolute atomic E-state index is 0.0567. The van der Waals surface area contributed by atoms with Gasteiger partial charge in [-0.1, -0.05) is 45.1 Å². The van der Waals surface area contributed by atoms with Gasteiger partial charge in [-0.2, -0.15) is 0 Å². The second-order valence-electron chi connectivity index (χ2n) is 3.58. The summed E-state index contributed by atoms with van der Waals surface area (Å²) < 4.78 is 0. The molecular weight excluding hydrogens is 210 g/mol. The fraction of sp³-hybridized carbons (Fsp3) is 0.333. The summed E-state index contributed by atoms with van der Waals surface area (Å²) in [5, 5.41) is 0. The minimum Gasteiger partial charge on any atom is -0.294 e. The van der Waals surface area contributed by atoms with E-state index in [-0.39, 0.29) is 5.78 Å². The molecule has 0 saturated heterocycles. The van der Waals surface area contributed by atoms with Crippen LogP contribution in [0.15, 0.2) is 48.7 Å². The molecule has 17 heavy (non-hydrogen) atoms. The quantitative estimate of drug-likeness (QED) is 0.583. The summed E-state index contributed by atoms with van der Waals surface area (Å²) in [6.07, 6.45) is 6.61. The van der Waals surface area contributed by atoms with Crippen molar-refractivity contribution in [2.75, 3.05) is 0 Å². The number of allylic oxidation sites excluding steroid dienone is 3. The molecule has 0 spiro atoms. The average molecular weight is 231 g/mol. The molecule has 0 aliphatic heterocycles. The molecule has 1 aromatic heterocycles. The number of carbonyl (C=O) groups excluding carboxylic acids is 1. The first-order valence-electron chi connectivity index (χ1n) is 5.91. The first-order chi connectivity index (χ1) is 8.19. The summed E-state index contributed by atoms with van der Waals surface area (Å²) in [5.74, 6) is 0.0567. The Kier molecular flexibility index (Phi) is 8.57. The molecule has 2 nitrogen and oxygen atoms in total. The largest absolute Gasteiger partial charge is 0.294 e. The Balaban J connectivity index is 0.000000770. The van der Waals surface area contributed by atoms with Crippen LogP contribution in [0.4, 0.5) is 0 Å². The predicted octanol–water partition coefficient (Wildman–Crippen LogP) is 3.74. The zero-order valence-corrected chi connectivity index (χ0v) is 10.9. The highest BCUT2D eigenvalue weighted by atomic mass is 16.1. The van der Waals surface area contributed by atoms with Crippen molar-refractivity contribution in [3.63, 3.8) is 0 Å². The first kappa shape index (κ1) is 15.3. The maximum absolute atomic E-state index is 11.6. The van der Waals surface area contributed by atoms with E-state index in [0.29, 0.717) is 12.0 Å². The van der Waals surface area contributed by atoms with Gasteiger partial charge in [0.05, 0.1) is 6.42 Å². The Bertz CT molecular complexity index is 366. The van der Waals surface area contributed by atoms with Crippen LogP contribution < -0.4 is 0 Å². The average Bonchev–Trinajstić information content (AvgIpc) is 2.33. The topological polar surface area (TPSA) is 30.0 Å². The van der Waals surface area contributed by atoms with Crippen LogP contribution in [0.5, 0.6) is 0 Å². The Morgan fingerprint density at radius 1 is 1.41 bits per heavy atom. The number of aromatic nitrogens is 1. The van der Waals surface area contributed by atoms with E-state index < -0.39 is 0 Å². The Morgan fingerprint density at radius 2 is 2.06 bits per heavy atom. The standard InChI is InChI=1S/C12H13NO.C3H8/c1-3-10(4-2)12(14)9-11-7-5-6-8-13-11;1-3-2/h3-8H,1,9H2,2H3;3H2,1-2H3/b10-4+;. The summed E-state index contributed by atoms with van der Waals surface area (Å²) in [6.45, 7) is 9.66. The van der Waals surface area contributed by atoms with E-state index in [4.69, 9.17) is 0 Å². The van der Waals surface area contributed by atoms with Crippen LogP contribution in [0, 0.1) is 0 Å². The fourth-order valence-corrected chi connectivity index (χ4v) is 1.16. The zero-order valence-electron chi connectivity index (χ0n) is 10.9. The summed E-state index contributed by atoms with van der Waals surface area (Å²) in [7, 11) is 0. The van der Waals surface area contributed by atoms with Crippen molar-refractivity contribution in [3.05, 3.63) is 54.4 Å². The second-order valence-corrected chi connectivity index (χ2v) is 3.58. The van der Waals surface area contributed by atoms with Gasteiger partial charge in [0.25, 0.3) is 0 Å². The number of nitrogens with zero attached hydrogens (tertiary/aromatic N) is 1. The summed E-state index contributed by atoms with van der Waals surface area (Å²) in [5.41, 5.74) is 1.44. The van der Waals surface area contributed by atoms with E-state index in [0.717, 1.165) is 5.69 Å². The molecule has 0 saturated carbocycles. The highest BCUT2D eigenvalue weighted by Gasteiger charge is 2.06. The van der Waals surface area contributed by atoms with Crippen molar-refractivity contribution in [2.45, 2.75) is 33.6 Å². The third-order valence-electron chi connectivity index (χ3n) is 1.92. The number of rotatable bonds is 4. The number of ketones is 1. The van der Waals surface area contributed by atoms with Crippen LogP contribution in [-0.4, -0.2) is 10.8 Å². The number of Topliss-reactive ketones (excluding diaryl/α,β-unsaturated/α-hetero) is 1. The van der Waals surface area contributed by atoms with Crippen molar-refractivity contribution >= 4 is 5.78 Å². The highest BCUT2D eigenvalue weighted by molar-refractivity contribution is 5.98. The third kappa shape index (κ3) is 6.46. The summed E-state index contributed by atoms with van der Waals surface area (Å²) in [4.78, 5) is 15.7. The van der Waals surface area contributed by atoms with Gasteiger partial charge in [-0.15, -0.1) is 0 Å². The van der Waals surface area contributed by atoms with Crippen molar-refractivity contribution in [1.82, 2.24) is 4.98 Å². The van der Waals surface area contributed by atoms with Crippen LogP contribution in [0.25, 0.3) is 0 Å². The molecular formula is C15H21NO. The Hall–Kier alpha value is -1.70. The SMILES string of the molecule is C=C/C(=C\C)C(=O)Cc1ccccn1.CCC. The van der Waals surface area contributed by atoms with Crippen molar-refractivity contribution in [3.8, 4) is 0 Å². The molecule has 0 aliphatic carbocycles.